The first-order valence-corrected chi connectivity index (χ1v) is 3.51. The molecule has 0 spiro atoms. The van der Waals surface area contributed by atoms with Gasteiger partial charge in [0.2, 0.25) is 0 Å². The predicted molar refractivity (Wildman–Crippen MR) is 35.8 cm³/mol. The zero-order valence-electron chi connectivity index (χ0n) is 6.08. The van der Waals surface area contributed by atoms with Crippen molar-refractivity contribution in [2.45, 2.75) is 13.3 Å². The molecule has 0 aromatic heterocycles. The molecule has 0 aromatic carbocycles. The molecule has 1 heterocycles. The topological polar surface area (TPSA) is 43.8 Å². The lowest BCUT2D eigenvalue weighted by atomic mass is 10.4. The molecule has 4 nitrogen and oxygen atoms in total. The van der Waals surface area contributed by atoms with Crippen LogP contribution in [0.1, 0.15) is 13.3 Å². The fourth-order valence-electron chi connectivity index (χ4n) is 1.05. The highest BCUT2D eigenvalue weighted by Gasteiger charge is 2.25. The second-order valence-corrected chi connectivity index (χ2v) is 2.39. The van der Waals surface area contributed by atoms with Crippen LogP contribution >= 0.6 is 0 Å². The van der Waals surface area contributed by atoms with Crippen LogP contribution in [0.3, 0.4) is 0 Å². The van der Waals surface area contributed by atoms with Gasteiger partial charge in [-0.2, -0.15) is 0 Å². The van der Waals surface area contributed by atoms with Gasteiger partial charge >= 0.3 is 6.03 Å². The van der Waals surface area contributed by atoms with E-state index in [1.807, 2.05) is 6.92 Å². The molecule has 1 fully saturated rings. The Balaban J connectivity index is 2.41. The van der Waals surface area contributed by atoms with Gasteiger partial charge in [0.05, 0.1) is 6.54 Å². The number of rotatable bonds is 2. The summed E-state index contributed by atoms with van der Waals surface area (Å²) in [5, 5.41) is 9.60. The van der Waals surface area contributed by atoms with E-state index in [0.29, 0.717) is 13.1 Å². The van der Waals surface area contributed by atoms with Gasteiger partial charge in [-0.25, -0.2) is 9.86 Å². The van der Waals surface area contributed by atoms with E-state index in [2.05, 4.69) is 0 Å². The van der Waals surface area contributed by atoms with Crippen LogP contribution in [0.15, 0.2) is 0 Å². The van der Waals surface area contributed by atoms with Crippen molar-refractivity contribution in [1.29, 1.82) is 0 Å². The van der Waals surface area contributed by atoms with Gasteiger partial charge in [0, 0.05) is 13.1 Å². The summed E-state index contributed by atoms with van der Waals surface area (Å²) in [6.45, 7) is 3.85. The van der Waals surface area contributed by atoms with Crippen LogP contribution in [0, 0.1) is 0 Å². The molecule has 0 aliphatic carbocycles. The second kappa shape index (κ2) is 2.88. The first-order chi connectivity index (χ1) is 4.75. The fourth-order valence-corrected chi connectivity index (χ4v) is 1.05. The van der Waals surface area contributed by atoms with Crippen LogP contribution in [-0.2, 0) is 0 Å². The molecule has 58 valence electrons. The summed E-state index contributed by atoms with van der Waals surface area (Å²) in [5.74, 6) is 0. The van der Waals surface area contributed by atoms with Crippen molar-refractivity contribution in [3.63, 3.8) is 0 Å². The first kappa shape index (κ1) is 7.34. The lowest BCUT2D eigenvalue weighted by molar-refractivity contribution is -0.0266. The molecule has 0 radical (unpaired) electrons. The van der Waals surface area contributed by atoms with E-state index >= 15 is 0 Å². The summed E-state index contributed by atoms with van der Waals surface area (Å²) < 4.78 is 0. The molecule has 4 heteroatoms. The Morgan fingerprint density at radius 2 is 2.30 bits per heavy atom. The number of urea groups is 1. The molecule has 1 N–H and O–H groups in total. The van der Waals surface area contributed by atoms with Crippen molar-refractivity contribution in [1.82, 2.24) is 9.96 Å². The van der Waals surface area contributed by atoms with E-state index in [1.165, 1.54) is 0 Å². The van der Waals surface area contributed by atoms with Gasteiger partial charge in [-0.1, -0.05) is 6.92 Å². The largest absolute Gasteiger partial charge is 0.343 e. The van der Waals surface area contributed by atoms with Crippen LogP contribution in [0.5, 0.6) is 0 Å². The SMILES string of the molecule is CCCN1CCN(O)C1=O. The third-order valence-electron chi connectivity index (χ3n) is 1.57. The van der Waals surface area contributed by atoms with Crippen molar-refractivity contribution in [2.75, 3.05) is 19.6 Å². The molecule has 1 saturated heterocycles. The van der Waals surface area contributed by atoms with E-state index in [9.17, 15) is 4.79 Å². The molecule has 1 rings (SSSR count). The van der Waals surface area contributed by atoms with Crippen molar-refractivity contribution in [3.8, 4) is 0 Å². The molecular weight excluding hydrogens is 132 g/mol. The average Bonchev–Trinajstić information content (AvgIpc) is 2.20. The minimum atomic E-state index is -0.262. The molecule has 0 bridgehead atoms. The van der Waals surface area contributed by atoms with E-state index in [4.69, 9.17) is 5.21 Å². The lowest BCUT2D eigenvalue weighted by Crippen LogP contribution is -2.30. The molecule has 1 aliphatic heterocycles. The van der Waals surface area contributed by atoms with Crippen LogP contribution in [0.4, 0.5) is 4.79 Å². The van der Waals surface area contributed by atoms with Crippen molar-refractivity contribution in [3.05, 3.63) is 0 Å². The molecule has 10 heavy (non-hydrogen) atoms. The van der Waals surface area contributed by atoms with Crippen LogP contribution < -0.4 is 0 Å². The van der Waals surface area contributed by atoms with Gasteiger partial charge in [0.15, 0.2) is 0 Å². The quantitative estimate of drug-likeness (QED) is 0.574. The number of hydrogen-bond acceptors (Lipinski definition) is 2. The summed E-state index contributed by atoms with van der Waals surface area (Å²) in [5.41, 5.74) is 0. The lowest BCUT2D eigenvalue weighted by Gasteiger charge is -2.12. The molecule has 0 aromatic rings. The van der Waals surface area contributed by atoms with E-state index in [0.717, 1.165) is 18.0 Å². The van der Waals surface area contributed by atoms with E-state index in [1.54, 1.807) is 4.90 Å². The fraction of sp³-hybridized carbons (Fsp3) is 0.833. The number of carbonyl (C=O) groups excluding carboxylic acids is 1. The monoisotopic (exact) mass is 144 g/mol. The predicted octanol–water partition coefficient (Wildman–Crippen LogP) is 0.523. The zero-order chi connectivity index (χ0) is 7.56. The summed E-state index contributed by atoms with van der Waals surface area (Å²) in [7, 11) is 0. The van der Waals surface area contributed by atoms with Gasteiger partial charge in [-0.15, -0.1) is 0 Å². The minimum Gasteiger partial charge on any atom is -0.321 e. The number of hydrogen-bond donors (Lipinski definition) is 1. The van der Waals surface area contributed by atoms with Crippen molar-refractivity contribution >= 4 is 6.03 Å². The molecule has 0 saturated carbocycles. The third-order valence-corrected chi connectivity index (χ3v) is 1.57. The highest BCUT2D eigenvalue weighted by Crippen LogP contribution is 2.05. The van der Waals surface area contributed by atoms with Crippen LogP contribution in [0.2, 0.25) is 0 Å². The molecule has 1 aliphatic rings. The Kier molecular flexibility index (Phi) is 2.11. The Morgan fingerprint density at radius 1 is 1.60 bits per heavy atom. The van der Waals surface area contributed by atoms with Gasteiger partial charge in [-0.05, 0) is 6.42 Å². The smallest absolute Gasteiger partial charge is 0.321 e. The second-order valence-electron chi connectivity index (χ2n) is 2.39. The molecular formula is C6H12N2O2. The highest BCUT2D eigenvalue weighted by atomic mass is 16.5. The highest BCUT2D eigenvalue weighted by molar-refractivity contribution is 5.75. The maximum absolute atomic E-state index is 10.9. The minimum absolute atomic E-state index is 0.262. The number of hydroxylamine groups is 2. The average molecular weight is 144 g/mol. The maximum atomic E-state index is 10.9. The van der Waals surface area contributed by atoms with Gasteiger partial charge in [0.25, 0.3) is 0 Å². The Hall–Kier alpha value is -0.770. The summed E-state index contributed by atoms with van der Waals surface area (Å²) >= 11 is 0. The van der Waals surface area contributed by atoms with Gasteiger partial charge < -0.3 is 4.90 Å². The molecule has 2 amide bonds. The van der Waals surface area contributed by atoms with Gasteiger partial charge in [0.1, 0.15) is 0 Å². The maximum Gasteiger partial charge on any atom is 0.343 e. The summed E-state index contributed by atoms with van der Waals surface area (Å²) in [4.78, 5) is 12.5. The van der Waals surface area contributed by atoms with Crippen LogP contribution in [0.25, 0.3) is 0 Å². The van der Waals surface area contributed by atoms with Crippen molar-refractivity contribution < 1.29 is 10.0 Å². The Bertz CT molecular complexity index is 136. The molecule has 0 atom stereocenters. The third kappa shape index (κ3) is 1.21. The summed E-state index contributed by atoms with van der Waals surface area (Å²) in [6.07, 6.45) is 0.944. The number of nitrogens with zero attached hydrogens (tertiary/aromatic N) is 2. The normalized spacial score (nSPS) is 18.8. The van der Waals surface area contributed by atoms with Gasteiger partial charge in [-0.3, -0.25) is 5.21 Å². The van der Waals surface area contributed by atoms with Crippen molar-refractivity contribution in [2.24, 2.45) is 0 Å². The Morgan fingerprint density at radius 3 is 2.70 bits per heavy atom. The first-order valence-electron chi connectivity index (χ1n) is 3.51. The number of carbonyl (C=O) groups is 1. The van der Waals surface area contributed by atoms with E-state index < -0.39 is 0 Å². The standard InChI is InChI=1S/C6H12N2O2/c1-2-3-7-4-5-8(10)6(7)9/h10H,2-5H2,1H3. The zero-order valence-corrected chi connectivity index (χ0v) is 6.08. The Labute approximate surface area is 60.0 Å². The van der Waals surface area contributed by atoms with Crippen LogP contribution in [-0.4, -0.2) is 40.8 Å². The number of amides is 2. The summed E-state index contributed by atoms with van der Waals surface area (Å²) in [6, 6.07) is -0.262. The molecule has 0 unspecified atom stereocenters. The van der Waals surface area contributed by atoms with E-state index in [-0.39, 0.29) is 6.03 Å².